The Morgan fingerprint density at radius 2 is 2.40 bits per heavy atom. The van der Waals surface area contributed by atoms with Gasteiger partial charge in [-0.05, 0) is 0 Å². The van der Waals surface area contributed by atoms with Crippen LogP contribution in [0.25, 0.3) is 0 Å². The molecular formula is C12H14N6OW. The van der Waals surface area contributed by atoms with Gasteiger partial charge in [-0.3, -0.25) is 0 Å². The fourth-order valence-electron chi connectivity index (χ4n) is 1.36. The van der Waals surface area contributed by atoms with E-state index in [1.165, 1.54) is 25.7 Å². The molecule has 0 atom stereocenters. The second-order valence-electron chi connectivity index (χ2n) is 3.65. The van der Waals surface area contributed by atoms with E-state index in [-0.39, 0.29) is 19.0 Å². The molecule has 1 aromatic heterocycles. The number of aromatic nitrogens is 2. The van der Waals surface area contributed by atoms with Crippen LogP contribution in [-0.4, -0.2) is 46.5 Å². The van der Waals surface area contributed by atoms with Crippen LogP contribution in [0.1, 0.15) is 5.69 Å². The van der Waals surface area contributed by atoms with Gasteiger partial charge in [-0.2, -0.15) is 0 Å². The van der Waals surface area contributed by atoms with E-state index in [0.29, 0.717) is 11.8 Å². The molecule has 1 rings (SSSR count). The molecule has 1 amide bonds. The quantitative estimate of drug-likeness (QED) is 0.485. The molecule has 0 aromatic carbocycles. The van der Waals surface area contributed by atoms with Crippen molar-refractivity contribution in [1.29, 1.82) is 0 Å². The van der Waals surface area contributed by atoms with Gasteiger partial charge in [0.2, 0.25) is 0 Å². The summed E-state index contributed by atoms with van der Waals surface area (Å²) in [5.41, 5.74) is 0.745. The van der Waals surface area contributed by atoms with Gasteiger partial charge < -0.3 is 0 Å². The molecule has 1 heterocycles. The Labute approximate surface area is 128 Å². The summed E-state index contributed by atoms with van der Waals surface area (Å²) in [5, 5.41) is 2.85. The van der Waals surface area contributed by atoms with Crippen LogP contribution in [0.5, 0.6) is 0 Å². The third-order valence-electron chi connectivity index (χ3n) is 2.22. The second kappa shape index (κ2) is 8.43. The molecule has 8 heteroatoms. The molecule has 0 bridgehead atoms. The topological polar surface area (TPSA) is 82.8 Å². The zero-order valence-electron chi connectivity index (χ0n) is 11.0. The summed E-state index contributed by atoms with van der Waals surface area (Å²) in [6.45, 7) is 10.8. The number of amides is 1. The van der Waals surface area contributed by atoms with E-state index in [2.05, 4.69) is 32.0 Å². The van der Waals surface area contributed by atoms with E-state index in [0.717, 1.165) is 5.69 Å². The van der Waals surface area contributed by atoms with E-state index in [9.17, 15) is 4.79 Å². The van der Waals surface area contributed by atoms with Crippen LogP contribution in [0, 0.1) is 13.8 Å². The van der Waals surface area contributed by atoms with Gasteiger partial charge in [-0.25, -0.2) is 0 Å². The van der Waals surface area contributed by atoms with E-state index in [1.807, 2.05) is 6.92 Å². The summed E-state index contributed by atoms with van der Waals surface area (Å²) < 4.78 is 1.71. The van der Waals surface area contributed by atoms with Crippen molar-refractivity contribution < 1.29 is 24.1 Å². The summed E-state index contributed by atoms with van der Waals surface area (Å²) in [6.07, 6.45) is 1.49. The van der Waals surface area contributed by atoms with E-state index in [1.54, 1.807) is 15.5 Å². The fraction of sp³-hybridized carbons (Fsp3) is 0.250. The van der Waals surface area contributed by atoms with Crippen LogP contribution in [0.4, 0.5) is 11.8 Å². The Morgan fingerprint density at radius 3 is 3.00 bits per heavy atom. The van der Waals surface area contributed by atoms with Crippen molar-refractivity contribution in [2.75, 3.05) is 23.3 Å². The second-order valence-corrected chi connectivity index (χ2v) is 4.41. The normalized spacial score (nSPS) is 10.3. The van der Waals surface area contributed by atoms with Gasteiger partial charge in [0, 0.05) is 0 Å². The summed E-state index contributed by atoms with van der Waals surface area (Å²) in [4.78, 5) is 28.7. The summed E-state index contributed by atoms with van der Waals surface area (Å²) in [6, 6.07) is 1.74. The molecule has 20 heavy (non-hydrogen) atoms. The van der Waals surface area contributed by atoms with Crippen molar-refractivity contribution in [2.24, 2.45) is 9.98 Å². The number of aryl methyl sites for hydroxylation is 1. The van der Waals surface area contributed by atoms with Gasteiger partial charge in [0.05, 0.1) is 0 Å². The first-order valence-electron chi connectivity index (χ1n) is 5.62. The van der Waals surface area contributed by atoms with Crippen molar-refractivity contribution in [1.82, 2.24) is 9.97 Å². The minimum atomic E-state index is -0.369. The molecule has 0 saturated heterocycles. The zero-order chi connectivity index (χ0) is 15.0. The van der Waals surface area contributed by atoms with Crippen molar-refractivity contribution in [3.8, 4) is 0 Å². The first-order valence-corrected chi connectivity index (χ1v) is 7.32. The number of hydrogen-bond acceptors (Lipinski definition) is 5. The van der Waals surface area contributed by atoms with Crippen LogP contribution in [0.15, 0.2) is 16.1 Å². The Morgan fingerprint density at radius 1 is 1.65 bits per heavy atom. The van der Waals surface area contributed by atoms with Crippen molar-refractivity contribution in [3.05, 3.63) is 18.7 Å². The predicted molar refractivity (Wildman–Crippen MR) is 76.0 cm³/mol. The molecule has 0 fully saturated rings. The van der Waals surface area contributed by atoms with Crippen LogP contribution in [0.2, 0.25) is 0 Å². The molecule has 1 aromatic rings. The van der Waals surface area contributed by atoms with E-state index < -0.39 is 0 Å². The molecule has 0 saturated carbocycles. The molecule has 0 aliphatic heterocycles. The number of carbonyl (C=O) groups is 1. The molecule has 0 aliphatic rings. The average Bonchev–Trinajstić information content (AvgIpc) is 2.44. The molecule has 0 aliphatic carbocycles. The van der Waals surface area contributed by atoms with Crippen molar-refractivity contribution in [2.45, 2.75) is 6.92 Å². The molecule has 1 N–H and O–H groups in total. The van der Waals surface area contributed by atoms with Crippen LogP contribution >= 0.6 is 0 Å². The monoisotopic (exact) mass is 442 g/mol. The van der Waals surface area contributed by atoms with Gasteiger partial charge in [-0.1, -0.05) is 0 Å². The number of anilines is 2. The molecule has 2 radical (unpaired) electrons. The maximum atomic E-state index is 11.3. The van der Waals surface area contributed by atoms with Gasteiger partial charge >= 0.3 is 128 Å². The van der Waals surface area contributed by atoms with Gasteiger partial charge in [-0.15, -0.1) is 0 Å². The standard InChI is InChI=1S/C12H14N6O.W/c1-5-18(7-11(19)14-4)10-6-9(2)16-12(17-10)15-8-13-3;/h1,3,6,8H,4-5,7H2,2H3,(H,15,16,17);. The summed E-state index contributed by atoms with van der Waals surface area (Å²) in [5.74, 6) is 0.559. The third kappa shape index (κ3) is 5.09. The zero-order valence-corrected chi connectivity index (χ0v) is 13.9. The van der Waals surface area contributed by atoms with Crippen molar-refractivity contribution in [3.63, 3.8) is 0 Å². The number of nitrogens with one attached hydrogen (secondary N) is 1. The third-order valence-corrected chi connectivity index (χ3v) is 2.65. The van der Waals surface area contributed by atoms with Crippen LogP contribution in [0.3, 0.4) is 0 Å². The van der Waals surface area contributed by atoms with Crippen LogP contribution in [-0.2, 0) is 24.1 Å². The Kier molecular flexibility index (Phi) is 6.87. The Bertz CT molecular complexity index is 531. The molecular weight excluding hydrogens is 428 g/mol. The average molecular weight is 442 g/mol. The van der Waals surface area contributed by atoms with E-state index >= 15 is 0 Å². The maximum absolute atomic E-state index is 11.3. The van der Waals surface area contributed by atoms with Crippen LogP contribution < -0.4 is 10.2 Å². The molecule has 7 nitrogen and oxygen atoms in total. The van der Waals surface area contributed by atoms with Crippen molar-refractivity contribution >= 4 is 35.3 Å². The fourth-order valence-corrected chi connectivity index (χ4v) is 1.57. The molecule has 0 spiro atoms. The molecule has 104 valence electrons. The summed E-state index contributed by atoms with van der Waals surface area (Å²) >= 11 is 1.24. The van der Waals surface area contributed by atoms with Gasteiger partial charge in [0.1, 0.15) is 0 Å². The number of hydrogen-bond donors (Lipinski definition) is 1. The number of rotatable bonds is 7. The SMILES string of the molecule is [CH]CN(CC(=O)N=C)c1cc(C)nc(NC=N[CH]=[W])n1. The number of nitrogens with zero attached hydrogens (tertiary/aromatic N) is 5. The van der Waals surface area contributed by atoms with Gasteiger partial charge in [0.15, 0.2) is 0 Å². The number of carbonyl (C=O) groups excluding carboxylic acids is 1. The first-order chi connectivity index (χ1) is 9.60. The first kappa shape index (κ1) is 16.3. The molecule has 0 unspecified atom stereocenters. The Hall–Kier alpha value is -1.75. The Balaban J connectivity index is 2.97. The van der Waals surface area contributed by atoms with Gasteiger partial charge in [0.25, 0.3) is 0 Å². The summed E-state index contributed by atoms with van der Waals surface area (Å²) in [7, 11) is 0. The minimum absolute atomic E-state index is 0.0239. The number of aliphatic imine (C=N–C) groups is 2. The predicted octanol–water partition coefficient (Wildman–Crippen LogP) is 0.276. The van der Waals surface area contributed by atoms with E-state index in [4.69, 9.17) is 6.92 Å².